The van der Waals surface area contributed by atoms with Gasteiger partial charge in [-0.15, -0.1) is 11.8 Å². The molecule has 0 spiro atoms. The Morgan fingerprint density at radius 1 is 1.06 bits per heavy atom. The van der Waals surface area contributed by atoms with Crippen molar-refractivity contribution in [2.24, 2.45) is 0 Å². The van der Waals surface area contributed by atoms with Gasteiger partial charge in [0, 0.05) is 16.6 Å². The minimum Gasteiger partial charge on any atom is -0.492 e. The van der Waals surface area contributed by atoms with Crippen molar-refractivity contribution >= 4 is 39.1 Å². The Kier molecular flexibility index (Phi) is 7.19. The third-order valence-corrected chi connectivity index (χ3v) is 8.35. The lowest BCUT2D eigenvalue weighted by Gasteiger charge is -2.29. The average Bonchev–Trinajstić information content (AvgIpc) is 3.19. The van der Waals surface area contributed by atoms with Crippen LogP contribution in [0.1, 0.15) is 19.4 Å². The fraction of sp³-hybridized carbons (Fsp3) is 0.269. The normalized spacial score (nSPS) is 15.1. The maximum absolute atomic E-state index is 13.9. The van der Waals surface area contributed by atoms with Gasteiger partial charge in [0.2, 0.25) is 5.91 Å². The maximum Gasteiger partial charge on any atom is 0.264 e. The third kappa shape index (κ3) is 4.65. The Morgan fingerprint density at radius 2 is 1.74 bits per heavy atom. The molecule has 178 valence electrons. The number of ether oxygens (including phenoxy) is 1. The van der Waals surface area contributed by atoms with Crippen LogP contribution < -0.4 is 13.9 Å². The predicted molar refractivity (Wildman–Crippen MR) is 137 cm³/mol. The zero-order chi connectivity index (χ0) is 24.3. The molecule has 3 aromatic carbocycles. The number of carbonyl (C=O) groups is 1. The summed E-state index contributed by atoms with van der Waals surface area (Å²) in [6.07, 6.45) is 2.67. The first-order valence-corrected chi connectivity index (χ1v) is 13.8. The van der Waals surface area contributed by atoms with Gasteiger partial charge in [-0.05, 0) is 74.6 Å². The summed E-state index contributed by atoms with van der Waals surface area (Å²) >= 11 is 1.53. The van der Waals surface area contributed by atoms with Crippen LogP contribution in [-0.4, -0.2) is 39.8 Å². The lowest BCUT2D eigenvalue weighted by Crippen LogP contribution is -2.45. The molecule has 1 aliphatic rings. The highest BCUT2D eigenvalue weighted by molar-refractivity contribution is 7.98. The summed E-state index contributed by atoms with van der Waals surface area (Å²) in [7, 11) is -4.04. The first kappa shape index (κ1) is 24.2. The summed E-state index contributed by atoms with van der Waals surface area (Å²) in [5.74, 6) is 0.130. The van der Waals surface area contributed by atoms with Crippen LogP contribution in [0.25, 0.3) is 0 Å². The van der Waals surface area contributed by atoms with Gasteiger partial charge >= 0.3 is 0 Å². The van der Waals surface area contributed by atoms with E-state index in [2.05, 4.69) is 0 Å². The Labute approximate surface area is 205 Å². The summed E-state index contributed by atoms with van der Waals surface area (Å²) in [6.45, 7) is 3.85. The van der Waals surface area contributed by atoms with Crippen molar-refractivity contribution in [3.8, 4) is 5.75 Å². The number of rotatable bonds is 8. The molecule has 8 heteroatoms. The van der Waals surface area contributed by atoms with E-state index in [1.807, 2.05) is 44.4 Å². The molecule has 0 aliphatic carbocycles. The number of para-hydroxylation sites is 3. The summed E-state index contributed by atoms with van der Waals surface area (Å²) < 4.78 is 34.6. The van der Waals surface area contributed by atoms with E-state index in [1.165, 1.54) is 16.1 Å². The average molecular weight is 497 g/mol. The molecule has 0 N–H and O–H groups in total. The molecule has 0 aromatic heterocycles. The number of sulfonamides is 1. The monoisotopic (exact) mass is 496 g/mol. The molecule has 3 aromatic rings. The van der Waals surface area contributed by atoms with Gasteiger partial charge in [-0.1, -0.05) is 30.3 Å². The number of hydrogen-bond acceptors (Lipinski definition) is 5. The van der Waals surface area contributed by atoms with E-state index in [4.69, 9.17) is 4.74 Å². The maximum atomic E-state index is 13.9. The molecule has 0 bridgehead atoms. The molecule has 6 nitrogen and oxygen atoms in total. The number of thioether (sulfide) groups is 1. The second-order valence-corrected chi connectivity index (χ2v) is 10.8. The fourth-order valence-corrected chi connectivity index (χ4v) is 6.09. The topological polar surface area (TPSA) is 66.9 Å². The first-order valence-electron chi connectivity index (χ1n) is 11.2. The molecule has 0 saturated carbocycles. The zero-order valence-electron chi connectivity index (χ0n) is 19.5. The van der Waals surface area contributed by atoms with Crippen LogP contribution in [0.15, 0.2) is 82.6 Å². The summed E-state index contributed by atoms with van der Waals surface area (Å²) in [6, 6.07) is 21.3. The molecule has 0 saturated heterocycles. The van der Waals surface area contributed by atoms with Crippen molar-refractivity contribution < 1.29 is 17.9 Å². The molecular formula is C26H28N2O4S2. The number of nitrogens with zero attached hydrogens (tertiary/aromatic N) is 2. The lowest BCUT2D eigenvalue weighted by atomic mass is 10.1. The van der Waals surface area contributed by atoms with E-state index < -0.39 is 10.0 Å². The Bertz CT molecular complexity index is 1280. The summed E-state index contributed by atoms with van der Waals surface area (Å²) in [5.41, 5.74) is 2.26. The van der Waals surface area contributed by atoms with E-state index >= 15 is 0 Å². The van der Waals surface area contributed by atoms with Crippen LogP contribution >= 0.6 is 11.8 Å². The molecule has 0 unspecified atom stereocenters. The lowest BCUT2D eigenvalue weighted by molar-refractivity contribution is -0.117. The van der Waals surface area contributed by atoms with Gasteiger partial charge in [-0.25, -0.2) is 8.42 Å². The quantitative estimate of drug-likeness (QED) is 0.412. The number of carbonyl (C=O) groups excluding carboxylic acids is 1. The van der Waals surface area contributed by atoms with Crippen LogP contribution in [0.5, 0.6) is 5.75 Å². The van der Waals surface area contributed by atoms with Gasteiger partial charge in [0.25, 0.3) is 10.0 Å². The first-order chi connectivity index (χ1) is 16.4. The van der Waals surface area contributed by atoms with E-state index in [9.17, 15) is 13.2 Å². The van der Waals surface area contributed by atoms with Gasteiger partial charge in [0.1, 0.15) is 12.3 Å². The summed E-state index contributed by atoms with van der Waals surface area (Å²) in [4.78, 5) is 16.4. The number of amides is 1. The van der Waals surface area contributed by atoms with Crippen molar-refractivity contribution in [1.82, 2.24) is 0 Å². The van der Waals surface area contributed by atoms with Crippen LogP contribution in [0.4, 0.5) is 11.4 Å². The van der Waals surface area contributed by atoms with Crippen LogP contribution in [-0.2, 0) is 21.2 Å². The highest BCUT2D eigenvalue weighted by atomic mass is 32.2. The fourth-order valence-electron chi connectivity index (χ4n) is 4.26. The van der Waals surface area contributed by atoms with E-state index in [1.54, 1.807) is 53.4 Å². The number of benzene rings is 3. The Hall–Kier alpha value is -2.97. The largest absolute Gasteiger partial charge is 0.492 e. The molecule has 1 heterocycles. The molecule has 0 radical (unpaired) electrons. The SMILES string of the molecule is CCOc1ccccc1N(CC(=O)N1c2ccccc2C[C@H]1C)S(=O)(=O)c1ccc(SC)cc1. The zero-order valence-corrected chi connectivity index (χ0v) is 21.1. The standard InChI is InChI=1S/C26H28N2O4S2/c1-4-32-25-12-8-7-11-24(25)27(34(30,31)22-15-13-21(33-3)14-16-22)18-26(29)28-19(2)17-20-9-5-6-10-23(20)28/h5-16,19H,4,17-18H2,1-3H3/t19-/m1/s1. The minimum atomic E-state index is -4.04. The van der Waals surface area contributed by atoms with Crippen LogP contribution in [0.2, 0.25) is 0 Å². The third-order valence-electron chi connectivity index (χ3n) is 5.84. The number of fused-ring (bicyclic) bond motifs is 1. The van der Waals surface area contributed by atoms with Crippen molar-refractivity contribution in [2.75, 3.05) is 28.6 Å². The molecule has 1 aliphatic heterocycles. The Balaban J connectivity index is 1.76. The van der Waals surface area contributed by atoms with Crippen LogP contribution in [0.3, 0.4) is 0 Å². The highest BCUT2D eigenvalue weighted by Crippen LogP contribution is 2.35. The van der Waals surface area contributed by atoms with E-state index in [-0.39, 0.29) is 23.4 Å². The van der Waals surface area contributed by atoms with Gasteiger partial charge in [0.15, 0.2) is 0 Å². The van der Waals surface area contributed by atoms with Crippen molar-refractivity contribution in [1.29, 1.82) is 0 Å². The molecule has 0 fully saturated rings. The molecule has 1 atom stereocenters. The smallest absolute Gasteiger partial charge is 0.264 e. The number of hydrogen-bond donors (Lipinski definition) is 0. The molecule has 4 rings (SSSR count). The van der Waals surface area contributed by atoms with Gasteiger partial charge < -0.3 is 9.64 Å². The van der Waals surface area contributed by atoms with E-state index in [0.717, 1.165) is 22.6 Å². The van der Waals surface area contributed by atoms with Gasteiger partial charge in [-0.3, -0.25) is 9.10 Å². The van der Waals surface area contributed by atoms with Crippen molar-refractivity contribution in [3.63, 3.8) is 0 Å². The predicted octanol–water partition coefficient (Wildman–Crippen LogP) is 4.98. The van der Waals surface area contributed by atoms with Crippen molar-refractivity contribution in [2.45, 2.75) is 36.1 Å². The number of anilines is 2. The molecular weight excluding hydrogens is 468 g/mol. The molecule has 34 heavy (non-hydrogen) atoms. The van der Waals surface area contributed by atoms with E-state index in [0.29, 0.717) is 18.0 Å². The van der Waals surface area contributed by atoms with Gasteiger partial charge in [0.05, 0.1) is 17.2 Å². The summed E-state index contributed by atoms with van der Waals surface area (Å²) in [5, 5.41) is 0. The molecule has 1 amide bonds. The van der Waals surface area contributed by atoms with Crippen LogP contribution in [0, 0.1) is 0 Å². The second kappa shape index (κ2) is 10.1. The minimum absolute atomic E-state index is 0.0579. The van der Waals surface area contributed by atoms with Crippen molar-refractivity contribution in [3.05, 3.63) is 78.4 Å². The highest BCUT2D eigenvalue weighted by Gasteiger charge is 2.35. The Morgan fingerprint density at radius 3 is 2.44 bits per heavy atom. The van der Waals surface area contributed by atoms with Gasteiger partial charge in [-0.2, -0.15) is 0 Å². The second-order valence-electron chi connectivity index (χ2n) is 8.03.